The van der Waals surface area contributed by atoms with Crippen LogP contribution in [0.25, 0.3) is 0 Å². The Morgan fingerprint density at radius 1 is 1.32 bits per heavy atom. The van der Waals surface area contributed by atoms with Crippen LogP contribution in [0.2, 0.25) is 0 Å². The van der Waals surface area contributed by atoms with Crippen LogP contribution >= 0.6 is 0 Å². The average molecular weight is 455 g/mol. The highest BCUT2D eigenvalue weighted by Gasteiger charge is 2.67. The molecule has 1 N–H and O–H groups in total. The van der Waals surface area contributed by atoms with Gasteiger partial charge in [0.15, 0.2) is 11.5 Å². The van der Waals surface area contributed by atoms with E-state index in [0.717, 1.165) is 35.4 Å². The monoisotopic (exact) mass is 455 g/mol. The molecule has 4 nitrogen and oxygen atoms in total. The number of likely N-dealkylation sites (N-methyl/N-ethyl adjacent to an activating group) is 1. The van der Waals surface area contributed by atoms with Crippen molar-refractivity contribution < 1.29 is 43.0 Å². The first-order chi connectivity index (χ1) is 11.5. The number of benzene rings is 1. The molecule has 0 unspecified atom stereocenters. The maximum Gasteiger partial charge on any atom is 0.166 e. The number of ether oxygens (including phenoxy) is 2. The fourth-order valence-corrected chi connectivity index (χ4v) is 5.86. The van der Waals surface area contributed by atoms with Crippen LogP contribution < -0.4 is 33.5 Å². The summed E-state index contributed by atoms with van der Waals surface area (Å²) in [6.07, 6.45) is 5.66. The minimum atomic E-state index is -0.538. The molecule has 4 aliphatic rings. The van der Waals surface area contributed by atoms with Crippen LogP contribution in [0.3, 0.4) is 0 Å². The van der Waals surface area contributed by atoms with E-state index in [1.165, 1.54) is 11.1 Å². The topological polar surface area (TPSA) is 38.7 Å². The Bertz CT molecular complexity index is 747. The number of quaternary nitrogens is 1. The van der Waals surface area contributed by atoms with Gasteiger partial charge in [-0.1, -0.05) is 18.2 Å². The standard InChI is InChI=1S/C20H26NO3.HI/c1-4-23-16-8-5-12-11-14-13-6-7-15(22)19-20(13,9-10-21(14,2)3)17(12)18(16)24-19;/h5-8,13-15,19,22H,4,9-11H2,1-3H3;1H/q+1;/p-1/t13-,14+,15-,19-,20-;/m0./s1. The van der Waals surface area contributed by atoms with Crippen molar-refractivity contribution in [2.45, 2.75) is 43.4 Å². The van der Waals surface area contributed by atoms with Crippen molar-refractivity contribution in [3.63, 3.8) is 0 Å². The predicted molar refractivity (Wildman–Crippen MR) is 91.4 cm³/mol. The highest BCUT2D eigenvalue weighted by Crippen LogP contribution is 2.63. The summed E-state index contributed by atoms with van der Waals surface area (Å²) in [7, 11) is 4.70. The zero-order chi connectivity index (χ0) is 16.7. The molecule has 2 heterocycles. The van der Waals surface area contributed by atoms with Gasteiger partial charge in [-0.05, 0) is 18.6 Å². The Kier molecular flexibility index (Phi) is 3.95. The van der Waals surface area contributed by atoms with Crippen molar-refractivity contribution in [1.82, 2.24) is 0 Å². The van der Waals surface area contributed by atoms with Crippen molar-refractivity contribution >= 4 is 0 Å². The molecule has 1 aromatic rings. The molecule has 5 atom stereocenters. The smallest absolute Gasteiger partial charge is 0.166 e. The number of aliphatic hydroxyl groups excluding tert-OH is 1. The van der Waals surface area contributed by atoms with Crippen molar-refractivity contribution in [2.24, 2.45) is 5.92 Å². The summed E-state index contributed by atoms with van der Waals surface area (Å²) in [6.45, 7) is 3.76. The van der Waals surface area contributed by atoms with Crippen LogP contribution in [0, 0.1) is 5.92 Å². The minimum absolute atomic E-state index is 0. The fraction of sp³-hybridized carbons (Fsp3) is 0.600. The molecular formula is C20H26INO3. The van der Waals surface area contributed by atoms with Gasteiger partial charge in [0.05, 0.1) is 32.7 Å². The van der Waals surface area contributed by atoms with E-state index in [1.54, 1.807) is 0 Å². The number of piperidine rings is 1. The van der Waals surface area contributed by atoms with Crippen LogP contribution in [0.5, 0.6) is 11.5 Å². The lowest BCUT2D eigenvalue weighted by Crippen LogP contribution is -3.00. The second kappa shape index (κ2) is 5.60. The number of halogens is 1. The van der Waals surface area contributed by atoms with Crippen molar-refractivity contribution in [3.8, 4) is 11.5 Å². The molecule has 2 aliphatic heterocycles. The van der Waals surface area contributed by atoms with Gasteiger partial charge in [0, 0.05) is 24.3 Å². The lowest BCUT2D eigenvalue weighted by atomic mass is 9.53. The third kappa shape index (κ3) is 2.06. The molecule has 5 heteroatoms. The maximum absolute atomic E-state index is 10.7. The zero-order valence-electron chi connectivity index (χ0n) is 15.0. The minimum Gasteiger partial charge on any atom is -1.00 e. The normalized spacial score (nSPS) is 38.4. The van der Waals surface area contributed by atoms with Gasteiger partial charge in [0.2, 0.25) is 0 Å². The molecule has 0 aromatic heterocycles. The zero-order valence-corrected chi connectivity index (χ0v) is 17.2. The molecule has 1 fully saturated rings. The van der Waals surface area contributed by atoms with Crippen molar-refractivity contribution in [1.29, 1.82) is 0 Å². The van der Waals surface area contributed by atoms with Gasteiger partial charge in [-0.2, -0.15) is 0 Å². The summed E-state index contributed by atoms with van der Waals surface area (Å²) in [5.74, 6) is 2.17. The second-order valence-corrected chi connectivity index (χ2v) is 8.36. The maximum atomic E-state index is 10.7. The van der Waals surface area contributed by atoms with Gasteiger partial charge in [0.25, 0.3) is 0 Å². The summed E-state index contributed by atoms with van der Waals surface area (Å²) in [5.41, 5.74) is 2.65. The van der Waals surface area contributed by atoms with E-state index in [9.17, 15) is 5.11 Å². The van der Waals surface area contributed by atoms with Gasteiger partial charge >= 0.3 is 0 Å². The van der Waals surface area contributed by atoms with Gasteiger partial charge in [-0.3, -0.25) is 0 Å². The molecule has 5 rings (SSSR count). The van der Waals surface area contributed by atoms with E-state index in [0.29, 0.717) is 18.6 Å². The SMILES string of the molecule is CCOc1ccc2c3c1O[C@H]1[C@@H](O)C=C[C@H]4[C@@H](C2)[N+](C)(C)CC[C@@]341.[I-]. The average Bonchev–Trinajstić information content (AvgIpc) is 2.91. The summed E-state index contributed by atoms with van der Waals surface area (Å²) >= 11 is 0. The Hall–Kier alpha value is -0.790. The molecule has 136 valence electrons. The van der Waals surface area contributed by atoms with Crippen LogP contribution in [0.15, 0.2) is 24.3 Å². The Labute approximate surface area is 166 Å². The van der Waals surface area contributed by atoms with E-state index in [2.05, 4.69) is 32.3 Å². The summed E-state index contributed by atoms with van der Waals surface area (Å²) < 4.78 is 13.3. The van der Waals surface area contributed by atoms with Gasteiger partial charge < -0.3 is 43.0 Å². The first-order valence-corrected chi connectivity index (χ1v) is 9.14. The first kappa shape index (κ1) is 17.6. The fourth-order valence-electron chi connectivity index (χ4n) is 5.86. The molecule has 1 spiro atoms. The number of nitrogens with zero attached hydrogens (tertiary/aromatic N) is 1. The largest absolute Gasteiger partial charge is 1.00 e. The van der Waals surface area contributed by atoms with Gasteiger partial charge in [-0.25, -0.2) is 0 Å². The van der Waals surface area contributed by atoms with Crippen LogP contribution in [0.1, 0.15) is 24.5 Å². The van der Waals surface area contributed by atoms with Crippen LogP contribution in [-0.2, 0) is 11.8 Å². The molecule has 0 saturated carbocycles. The molecule has 1 aromatic carbocycles. The van der Waals surface area contributed by atoms with E-state index in [-0.39, 0.29) is 35.5 Å². The number of likely N-dealkylation sites (tertiary alicyclic amines) is 1. The van der Waals surface area contributed by atoms with E-state index < -0.39 is 6.10 Å². The molecule has 1 saturated heterocycles. The highest BCUT2D eigenvalue weighted by atomic mass is 127. The number of hydrogen-bond acceptors (Lipinski definition) is 3. The van der Waals surface area contributed by atoms with Crippen LogP contribution in [0.4, 0.5) is 0 Å². The molecule has 2 bridgehead atoms. The lowest BCUT2D eigenvalue weighted by molar-refractivity contribution is -0.926. The third-order valence-electron chi connectivity index (χ3n) is 6.99. The Morgan fingerprint density at radius 3 is 2.88 bits per heavy atom. The van der Waals surface area contributed by atoms with E-state index in [4.69, 9.17) is 9.47 Å². The summed E-state index contributed by atoms with van der Waals surface area (Å²) in [6, 6.07) is 4.84. The molecular weight excluding hydrogens is 429 g/mol. The molecule has 25 heavy (non-hydrogen) atoms. The van der Waals surface area contributed by atoms with E-state index in [1.807, 2.05) is 13.0 Å². The second-order valence-electron chi connectivity index (χ2n) is 8.36. The number of rotatable bonds is 2. The highest BCUT2D eigenvalue weighted by molar-refractivity contribution is 5.61. The summed E-state index contributed by atoms with van der Waals surface area (Å²) in [5, 5.41) is 10.7. The van der Waals surface area contributed by atoms with E-state index >= 15 is 0 Å². The number of aliphatic hydroxyl groups is 1. The van der Waals surface area contributed by atoms with Crippen LogP contribution in [-0.4, -0.2) is 55.1 Å². The summed E-state index contributed by atoms with van der Waals surface area (Å²) in [4.78, 5) is 0. The van der Waals surface area contributed by atoms with Crippen molar-refractivity contribution in [3.05, 3.63) is 35.4 Å². The first-order valence-electron chi connectivity index (χ1n) is 9.14. The molecule has 2 aliphatic carbocycles. The van der Waals surface area contributed by atoms with Gasteiger partial charge in [0.1, 0.15) is 18.2 Å². The third-order valence-corrected chi connectivity index (χ3v) is 6.99. The Balaban J connectivity index is 0.00000157. The molecule has 0 amide bonds. The van der Waals surface area contributed by atoms with Crippen molar-refractivity contribution in [2.75, 3.05) is 27.2 Å². The van der Waals surface area contributed by atoms with Gasteiger partial charge in [-0.15, -0.1) is 0 Å². The number of hydrogen-bond donors (Lipinski definition) is 1. The predicted octanol–water partition coefficient (Wildman–Crippen LogP) is -0.960. The molecule has 0 radical (unpaired) electrons. The quantitative estimate of drug-likeness (QED) is 0.355. The Morgan fingerprint density at radius 2 is 2.12 bits per heavy atom. The lowest BCUT2D eigenvalue weighted by Gasteiger charge is -2.58.